The molecule has 3 nitrogen and oxygen atoms in total. The Morgan fingerprint density at radius 1 is 1.10 bits per heavy atom. The molecule has 3 N–H and O–H groups in total. The van der Waals surface area contributed by atoms with E-state index in [0.29, 0.717) is 12.6 Å². The van der Waals surface area contributed by atoms with Crippen molar-refractivity contribution in [2.24, 2.45) is 10.7 Å². The maximum atomic E-state index is 5.59. The van der Waals surface area contributed by atoms with Crippen LogP contribution >= 0.6 is 34.0 Å². The van der Waals surface area contributed by atoms with Gasteiger partial charge in [-0.2, -0.15) is 0 Å². The number of rotatable bonds is 4. The third kappa shape index (κ3) is 4.28. The highest BCUT2D eigenvalue weighted by atomic mass is 79.9. The van der Waals surface area contributed by atoms with Crippen LogP contribution in [0.4, 0.5) is 0 Å². The van der Waals surface area contributed by atoms with E-state index in [1.165, 1.54) is 16.3 Å². The Labute approximate surface area is 146 Å². The first-order valence-corrected chi connectivity index (χ1v) is 6.83. The van der Waals surface area contributed by atoms with Crippen LogP contribution in [-0.4, -0.2) is 25.0 Å². The zero-order valence-corrected chi connectivity index (χ0v) is 15.2. The number of hydrogen-bond donors (Lipinski definition) is 2. The number of aliphatic imine (C=N–C) groups is 1. The van der Waals surface area contributed by atoms with Gasteiger partial charge in [-0.1, -0.05) is 42.5 Å². The van der Waals surface area contributed by atoms with Crippen LogP contribution in [0.5, 0.6) is 0 Å². The lowest BCUT2D eigenvalue weighted by molar-refractivity contribution is 0.608. The molecule has 1 atom stereocenters. The second-order valence-electron chi connectivity index (χ2n) is 5.02. The lowest BCUT2D eigenvalue weighted by atomic mass is 10.0. The van der Waals surface area contributed by atoms with Crippen molar-refractivity contribution in [1.29, 1.82) is 0 Å². The summed E-state index contributed by atoms with van der Waals surface area (Å²) in [5.41, 5.74) is 6.92. The summed E-state index contributed by atoms with van der Waals surface area (Å²) < 4.78 is 0. The van der Waals surface area contributed by atoms with E-state index in [2.05, 4.69) is 52.8 Å². The van der Waals surface area contributed by atoms with Gasteiger partial charge in [0.15, 0.2) is 0 Å². The number of nitrogens with two attached hydrogens (primary N) is 1. The summed E-state index contributed by atoms with van der Waals surface area (Å²) >= 11 is 0. The zero-order chi connectivity index (χ0) is 13.1. The maximum absolute atomic E-state index is 5.59. The van der Waals surface area contributed by atoms with Crippen LogP contribution in [-0.2, 0) is 6.42 Å². The highest BCUT2D eigenvalue weighted by molar-refractivity contribution is 8.93. The Morgan fingerprint density at radius 3 is 2.67 bits per heavy atom. The van der Waals surface area contributed by atoms with E-state index in [-0.39, 0.29) is 34.0 Å². The molecule has 0 amide bonds. The molecule has 0 unspecified atom stereocenters. The molecule has 0 radical (unpaired) electrons. The minimum Gasteiger partial charge on any atom is -0.369 e. The smallest absolute Gasteiger partial charge is 0.101 e. The minimum absolute atomic E-state index is 0. The normalized spacial score (nSPS) is 16.6. The lowest BCUT2D eigenvalue weighted by Crippen LogP contribution is -2.32. The SMILES string of the molecule is Br.Br.NCC[C@H]1CN=C(Cc2cccc3ccccc23)N1. The Balaban J connectivity index is 0.00000110. The van der Waals surface area contributed by atoms with Crippen LogP contribution < -0.4 is 11.1 Å². The van der Waals surface area contributed by atoms with Crippen molar-refractivity contribution in [2.75, 3.05) is 13.1 Å². The molecule has 0 saturated carbocycles. The Hall–Kier alpha value is -0.910. The molecule has 1 heterocycles. The average molecular weight is 415 g/mol. The predicted molar refractivity (Wildman–Crippen MR) is 101 cm³/mol. The predicted octanol–water partition coefficient (Wildman–Crippen LogP) is 3.26. The number of nitrogens with zero attached hydrogens (tertiary/aromatic N) is 1. The topological polar surface area (TPSA) is 50.4 Å². The third-order valence-electron chi connectivity index (χ3n) is 3.63. The van der Waals surface area contributed by atoms with Gasteiger partial charge in [-0.05, 0) is 29.3 Å². The number of hydrogen-bond acceptors (Lipinski definition) is 3. The molecule has 2 aromatic carbocycles. The molecule has 0 aliphatic carbocycles. The number of benzene rings is 2. The standard InChI is InChI=1S/C16H19N3.2BrH/c17-9-8-14-11-18-16(19-14)10-13-6-3-5-12-4-1-2-7-15(12)13;;/h1-7,14H,8-11,17H2,(H,18,19);2*1H/t14-;;/m0../s1. The van der Waals surface area contributed by atoms with E-state index >= 15 is 0 Å². The monoisotopic (exact) mass is 413 g/mol. The number of fused-ring (bicyclic) bond motifs is 1. The van der Waals surface area contributed by atoms with Gasteiger partial charge in [0.25, 0.3) is 0 Å². The number of nitrogens with one attached hydrogen (secondary N) is 1. The molecule has 1 aliphatic rings. The highest BCUT2D eigenvalue weighted by Gasteiger charge is 2.16. The van der Waals surface area contributed by atoms with Crippen molar-refractivity contribution in [2.45, 2.75) is 18.9 Å². The molecule has 2 aromatic rings. The average Bonchev–Trinajstić information content (AvgIpc) is 2.87. The summed E-state index contributed by atoms with van der Waals surface area (Å²) in [6.45, 7) is 1.58. The fraction of sp³-hybridized carbons (Fsp3) is 0.312. The van der Waals surface area contributed by atoms with Crippen LogP contribution in [0.2, 0.25) is 0 Å². The highest BCUT2D eigenvalue weighted by Crippen LogP contribution is 2.19. The second kappa shape index (κ2) is 8.51. The van der Waals surface area contributed by atoms with E-state index in [1.807, 2.05) is 0 Å². The summed E-state index contributed by atoms with van der Waals surface area (Å²) in [5.74, 6) is 1.09. The summed E-state index contributed by atoms with van der Waals surface area (Å²) in [7, 11) is 0. The van der Waals surface area contributed by atoms with Crippen molar-refractivity contribution in [3.63, 3.8) is 0 Å². The fourth-order valence-electron chi connectivity index (χ4n) is 2.65. The molecule has 114 valence electrons. The molecular weight excluding hydrogens is 394 g/mol. The first-order chi connectivity index (χ1) is 9.36. The molecule has 0 aromatic heterocycles. The van der Waals surface area contributed by atoms with Crippen molar-refractivity contribution in [3.05, 3.63) is 48.0 Å². The van der Waals surface area contributed by atoms with Crippen LogP contribution in [0.15, 0.2) is 47.5 Å². The van der Waals surface area contributed by atoms with Crippen LogP contribution in [0.3, 0.4) is 0 Å². The van der Waals surface area contributed by atoms with Crippen molar-refractivity contribution in [3.8, 4) is 0 Å². The van der Waals surface area contributed by atoms with Gasteiger partial charge in [0, 0.05) is 12.5 Å². The summed E-state index contributed by atoms with van der Waals surface area (Å²) in [4.78, 5) is 4.59. The van der Waals surface area contributed by atoms with Crippen LogP contribution in [0.1, 0.15) is 12.0 Å². The molecule has 5 heteroatoms. The first kappa shape index (κ1) is 18.1. The zero-order valence-electron chi connectivity index (χ0n) is 11.8. The van der Waals surface area contributed by atoms with Gasteiger partial charge < -0.3 is 11.1 Å². The van der Waals surface area contributed by atoms with Gasteiger partial charge in [0.05, 0.1) is 6.54 Å². The molecule has 0 spiro atoms. The summed E-state index contributed by atoms with van der Waals surface area (Å²) in [5, 5.41) is 6.08. The van der Waals surface area contributed by atoms with E-state index in [9.17, 15) is 0 Å². The van der Waals surface area contributed by atoms with E-state index in [4.69, 9.17) is 5.73 Å². The van der Waals surface area contributed by atoms with Gasteiger partial charge >= 0.3 is 0 Å². The van der Waals surface area contributed by atoms with Gasteiger partial charge in [-0.25, -0.2) is 0 Å². The largest absolute Gasteiger partial charge is 0.369 e. The van der Waals surface area contributed by atoms with Gasteiger partial charge in [0.2, 0.25) is 0 Å². The molecule has 1 aliphatic heterocycles. The fourth-order valence-corrected chi connectivity index (χ4v) is 2.65. The Bertz CT molecular complexity index is 608. The van der Waals surface area contributed by atoms with Crippen LogP contribution in [0.25, 0.3) is 10.8 Å². The second-order valence-corrected chi connectivity index (χ2v) is 5.02. The van der Waals surface area contributed by atoms with Gasteiger partial charge in [0.1, 0.15) is 5.84 Å². The molecule has 21 heavy (non-hydrogen) atoms. The van der Waals surface area contributed by atoms with Crippen molar-refractivity contribution in [1.82, 2.24) is 5.32 Å². The van der Waals surface area contributed by atoms with Gasteiger partial charge in [-0.15, -0.1) is 34.0 Å². The lowest BCUT2D eigenvalue weighted by Gasteiger charge is -2.11. The minimum atomic E-state index is 0. The Kier molecular flexibility index (Phi) is 7.35. The quantitative estimate of drug-likeness (QED) is 0.806. The van der Waals surface area contributed by atoms with E-state index in [0.717, 1.165) is 25.2 Å². The van der Waals surface area contributed by atoms with E-state index < -0.39 is 0 Å². The molecule has 0 fully saturated rings. The Morgan fingerprint density at radius 2 is 1.86 bits per heavy atom. The first-order valence-electron chi connectivity index (χ1n) is 6.83. The van der Waals surface area contributed by atoms with Crippen molar-refractivity contribution < 1.29 is 0 Å². The number of halogens is 2. The maximum Gasteiger partial charge on any atom is 0.101 e. The summed E-state index contributed by atoms with van der Waals surface area (Å²) in [6, 6.07) is 15.4. The van der Waals surface area contributed by atoms with Gasteiger partial charge in [-0.3, -0.25) is 4.99 Å². The molecule has 0 bridgehead atoms. The molecule has 0 saturated heterocycles. The molecular formula is C16H21Br2N3. The third-order valence-corrected chi connectivity index (χ3v) is 3.63. The molecule has 3 rings (SSSR count). The number of amidine groups is 1. The van der Waals surface area contributed by atoms with Crippen molar-refractivity contribution >= 4 is 50.6 Å². The van der Waals surface area contributed by atoms with E-state index in [1.54, 1.807) is 0 Å². The summed E-state index contributed by atoms with van der Waals surface area (Å²) in [6.07, 6.45) is 1.87. The van der Waals surface area contributed by atoms with Crippen LogP contribution in [0, 0.1) is 0 Å².